The van der Waals surface area contributed by atoms with Crippen LogP contribution in [0.4, 0.5) is 0 Å². The second-order valence-electron chi connectivity index (χ2n) is 5.27. The molecule has 0 N–H and O–H groups in total. The largest absolute Gasteiger partial charge is 0.340 e. The fourth-order valence-electron chi connectivity index (χ4n) is 2.53. The topological polar surface area (TPSA) is 70.6 Å². The Morgan fingerprint density at radius 3 is 2.95 bits per heavy atom. The Balaban J connectivity index is 1.98. The van der Waals surface area contributed by atoms with Crippen LogP contribution in [0.3, 0.4) is 0 Å². The van der Waals surface area contributed by atoms with Crippen molar-refractivity contribution in [2.75, 3.05) is 25.9 Å². The number of rotatable bonds is 5. The summed E-state index contributed by atoms with van der Waals surface area (Å²) in [5.41, 5.74) is 0. The number of amides is 1. The summed E-state index contributed by atoms with van der Waals surface area (Å²) in [5.74, 6) is -0.137. The summed E-state index contributed by atoms with van der Waals surface area (Å²) in [7, 11) is -1.45. The van der Waals surface area contributed by atoms with E-state index in [0.29, 0.717) is 19.6 Å². The zero-order chi connectivity index (χ0) is 15.5. The molecule has 118 valence electrons. The molecule has 1 aromatic rings. The number of carbonyl (C=O) groups is 1. The van der Waals surface area contributed by atoms with Gasteiger partial charge in [-0.2, -0.15) is 0 Å². The van der Waals surface area contributed by atoms with E-state index in [9.17, 15) is 13.2 Å². The molecular formula is C13H21N3O3S2. The van der Waals surface area contributed by atoms with E-state index < -0.39 is 10.0 Å². The molecule has 0 unspecified atom stereocenters. The van der Waals surface area contributed by atoms with Gasteiger partial charge in [-0.1, -0.05) is 0 Å². The molecule has 1 saturated heterocycles. The highest BCUT2D eigenvalue weighted by molar-refractivity contribution is 7.89. The summed E-state index contributed by atoms with van der Waals surface area (Å²) < 4.78 is 29.4. The molecule has 6 nitrogen and oxygen atoms in total. The third kappa shape index (κ3) is 4.02. The minimum atomic E-state index is -3.21. The van der Waals surface area contributed by atoms with Crippen molar-refractivity contribution in [3.05, 3.63) is 17.1 Å². The van der Waals surface area contributed by atoms with E-state index >= 15 is 0 Å². The van der Waals surface area contributed by atoms with E-state index in [0.717, 1.165) is 17.7 Å². The Morgan fingerprint density at radius 2 is 2.33 bits per heavy atom. The number of hydrogen-bond acceptors (Lipinski definition) is 5. The van der Waals surface area contributed by atoms with Gasteiger partial charge in [-0.05, 0) is 37.4 Å². The van der Waals surface area contributed by atoms with Crippen LogP contribution in [0.1, 0.15) is 24.6 Å². The van der Waals surface area contributed by atoms with E-state index in [1.165, 1.54) is 15.8 Å². The van der Waals surface area contributed by atoms with Crippen molar-refractivity contribution >= 4 is 27.5 Å². The highest BCUT2D eigenvalue weighted by atomic mass is 32.2. The molecule has 1 atom stereocenters. The lowest BCUT2D eigenvalue weighted by molar-refractivity contribution is -0.135. The molecule has 0 spiro atoms. The van der Waals surface area contributed by atoms with Gasteiger partial charge in [0.25, 0.3) is 0 Å². The van der Waals surface area contributed by atoms with Crippen molar-refractivity contribution in [1.82, 2.24) is 13.6 Å². The van der Waals surface area contributed by atoms with Crippen LogP contribution < -0.4 is 0 Å². The number of sulfonamides is 1. The van der Waals surface area contributed by atoms with E-state index in [-0.39, 0.29) is 17.6 Å². The summed E-state index contributed by atoms with van der Waals surface area (Å²) in [6.45, 7) is 3.00. The van der Waals surface area contributed by atoms with E-state index in [2.05, 4.69) is 4.37 Å². The molecule has 1 fully saturated rings. The highest BCUT2D eigenvalue weighted by Gasteiger charge is 2.32. The smallest absolute Gasteiger partial charge is 0.227 e. The first kappa shape index (κ1) is 16.4. The highest BCUT2D eigenvalue weighted by Crippen LogP contribution is 2.22. The van der Waals surface area contributed by atoms with Crippen LogP contribution in [0.25, 0.3) is 0 Å². The second-order valence-corrected chi connectivity index (χ2v) is 8.45. The third-order valence-electron chi connectivity index (χ3n) is 3.75. The van der Waals surface area contributed by atoms with Gasteiger partial charge in [0.15, 0.2) is 0 Å². The van der Waals surface area contributed by atoms with Crippen LogP contribution in [0.2, 0.25) is 0 Å². The quantitative estimate of drug-likeness (QED) is 0.812. The van der Waals surface area contributed by atoms with Crippen LogP contribution in [0.5, 0.6) is 0 Å². The van der Waals surface area contributed by atoms with Gasteiger partial charge in [0.05, 0.1) is 18.2 Å². The lowest BCUT2D eigenvalue weighted by Gasteiger charge is -2.32. The standard InChI is InChI=1S/C13H21N3O3S2/c1-3-21(18,19)16-8-4-5-11(9-16)13(17)15(2)10-12-6-7-14-20-12/h6-7,11H,3-5,8-10H2,1-2H3/t11-/m0/s1. The molecule has 2 rings (SSSR count). The predicted octanol–water partition coefficient (Wildman–Crippen LogP) is 1.16. The molecule has 0 radical (unpaired) electrons. The SMILES string of the molecule is CCS(=O)(=O)N1CCC[C@H](C(=O)N(C)Cc2ccns2)C1. The maximum atomic E-state index is 12.5. The Bertz CT molecular complexity index is 571. The van der Waals surface area contributed by atoms with Crippen molar-refractivity contribution in [3.63, 3.8) is 0 Å². The molecule has 0 saturated carbocycles. The average Bonchev–Trinajstić information content (AvgIpc) is 2.99. The van der Waals surface area contributed by atoms with Gasteiger partial charge < -0.3 is 4.90 Å². The molecule has 1 aliphatic rings. The van der Waals surface area contributed by atoms with Gasteiger partial charge in [-0.15, -0.1) is 0 Å². The number of carbonyl (C=O) groups excluding carboxylic acids is 1. The lowest BCUT2D eigenvalue weighted by atomic mass is 9.98. The molecule has 1 aromatic heterocycles. The number of aromatic nitrogens is 1. The number of nitrogens with zero attached hydrogens (tertiary/aromatic N) is 3. The monoisotopic (exact) mass is 331 g/mol. The average molecular weight is 331 g/mol. The first-order valence-corrected chi connectivity index (χ1v) is 9.44. The van der Waals surface area contributed by atoms with Gasteiger partial charge in [0.1, 0.15) is 0 Å². The summed E-state index contributed by atoms with van der Waals surface area (Å²) in [6.07, 6.45) is 3.21. The minimum Gasteiger partial charge on any atom is -0.340 e. The van der Waals surface area contributed by atoms with Gasteiger partial charge in [0.2, 0.25) is 15.9 Å². The fourth-order valence-corrected chi connectivity index (χ4v) is 4.34. The molecule has 1 amide bonds. The summed E-state index contributed by atoms with van der Waals surface area (Å²) >= 11 is 1.37. The zero-order valence-electron chi connectivity index (χ0n) is 12.4. The summed E-state index contributed by atoms with van der Waals surface area (Å²) in [4.78, 5) is 15.2. The molecular weight excluding hydrogens is 310 g/mol. The maximum Gasteiger partial charge on any atom is 0.227 e. The first-order chi connectivity index (χ1) is 9.94. The van der Waals surface area contributed by atoms with Crippen LogP contribution in [0, 0.1) is 5.92 Å². The van der Waals surface area contributed by atoms with Crippen molar-refractivity contribution < 1.29 is 13.2 Å². The fraction of sp³-hybridized carbons (Fsp3) is 0.692. The predicted molar refractivity (Wildman–Crippen MR) is 82.3 cm³/mol. The number of hydrogen-bond donors (Lipinski definition) is 0. The second kappa shape index (κ2) is 6.85. The van der Waals surface area contributed by atoms with Gasteiger partial charge >= 0.3 is 0 Å². The van der Waals surface area contributed by atoms with Gasteiger partial charge in [0, 0.05) is 31.2 Å². The van der Waals surface area contributed by atoms with E-state index in [1.807, 2.05) is 6.07 Å². The lowest BCUT2D eigenvalue weighted by Crippen LogP contribution is -2.46. The van der Waals surface area contributed by atoms with E-state index in [4.69, 9.17) is 0 Å². The van der Waals surface area contributed by atoms with Crippen LogP contribution in [-0.2, 0) is 21.4 Å². The van der Waals surface area contributed by atoms with Crippen LogP contribution in [0.15, 0.2) is 12.3 Å². The van der Waals surface area contributed by atoms with Crippen LogP contribution in [-0.4, -0.2) is 53.8 Å². The minimum absolute atomic E-state index is 0.0133. The van der Waals surface area contributed by atoms with Gasteiger partial charge in [-0.25, -0.2) is 17.1 Å². The van der Waals surface area contributed by atoms with E-state index in [1.54, 1.807) is 25.1 Å². The Hall–Kier alpha value is -0.990. The summed E-state index contributed by atoms with van der Waals surface area (Å²) in [6, 6.07) is 1.89. The molecule has 2 heterocycles. The molecule has 21 heavy (non-hydrogen) atoms. The van der Waals surface area contributed by atoms with Gasteiger partial charge in [-0.3, -0.25) is 4.79 Å². The Kier molecular flexibility index (Phi) is 5.34. The summed E-state index contributed by atoms with van der Waals surface area (Å²) in [5, 5.41) is 0. The zero-order valence-corrected chi connectivity index (χ0v) is 14.0. The van der Waals surface area contributed by atoms with Crippen molar-refractivity contribution in [2.45, 2.75) is 26.3 Å². The van der Waals surface area contributed by atoms with Crippen LogP contribution >= 0.6 is 11.5 Å². The Morgan fingerprint density at radius 1 is 1.57 bits per heavy atom. The molecule has 0 bridgehead atoms. The third-order valence-corrected chi connectivity index (χ3v) is 6.33. The molecule has 0 aliphatic carbocycles. The molecule has 0 aromatic carbocycles. The van der Waals surface area contributed by atoms with Crippen molar-refractivity contribution in [1.29, 1.82) is 0 Å². The normalized spacial score (nSPS) is 20.4. The number of piperidine rings is 1. The molecule has 1 aliphatic heterocycles. The molecule has 8 heteroatoms. The maximum absolute atomic E-state index is 12.5. The first-order valence-electron chi connectivity index (χ1n) is 7.06. The van der Waals surface area contributed by atoms with Crippen molar-refractivity contribution in [3.8, 4) is 0 Å². The van der Waals surface area contributed by atoms with Crippen molar-refractivity contribution in [2.24, 2.45) is 5.92 Å². The Labute approximate surface area is 130 Å².